The molecule has 0 radical (unpaired) electrons. The van der Waals surface area contributed by atoms with Gasteiger partial charge in [-0.3, -0.25) is 0 Å². The van der Waals surface area contributed by atoms with Gasteiger partial charge in [-0.25, -0.2) is 0 Å². The normalized spacial score (nSPS) is 15.0. The van der Waals surface area contributed by atoms with Gasteiger partial charge in [-0.05, 0) is 6.42 Å². The van der Waals surface area contributed by atoms with Gasteiger partial charge in [-0.2, -0.15) is 0 Å². The van der Waals surface area contributed by atoms with Gasteiger partial charge in [0.15, 0.2) is 0 Å². The third-order valence-electron chi connectivity index (χ3n) is 2.15. The Kier molecular flexibility index (Phi) is 4.37. The SMILES string of the molecule is CCCP(=O)(COC)c1ccccc1. The zero-order chi connectivity index (χ0) is 10.4. The van der Waals surface area contributed by atoms with Crippen molar-refractivity contribution in [3.8, 4) is 0 Å². The molecular formula is C11H17O2P. The summed E-state index contributed by atoms with van der Waals surface area (Å²) in [6.45, 7) is 2.05. The van der Waals surface area contributed by atoms with Crippen LogP contribution in [0.3, 0.4) is 0 Å². The van der Waals surface area contributed by atoms with Crippen LogP contribution in [0.1, 0.15) is 13.3 Å². The van der Waals surface area contributed by atoms with Gasteiger partial charge in [0.1, 0.15) is 13.5 Å². The lowest BCUT2D eigenvalue weighted by Gasteiger charge is -2.16. The summed E-state index contributed by atoms with van der Waals surface area (Å²) in [5.74, 6) is 0. The largest absolute Gasteiger partial charge is 0.377 e. The molecular weight excluding hydrogens is 195 g/mol. The Hall–Kier alpha value is -0.590. The molecule has 1 atom stereocenters. The summed E-state index contributed by atoms with van der Waals surface area (Å²) >= 11 is 0. The Bertz CT molecular complexity index is 298. The molecule has 1 aromatic carbocycles. The lowest BCUT2D eigenvalue weighted by molar-refractivity contribution is 0.250. The molecule has 0 saturated carbocycles. The van der Waals surface area contributed by atoms with E-state index in [-0.39, 0.29) is 0 Å². The van der Waals surface area contributed by atoms with Crippen LogP contribution in [0, 0.1) is 0 Å². The first-order chi connectivity index (χ1) is 6.73. The fourth-order valence-corrected chi connectivity index (χ4v) is 3.93. The van der Waals surface area contributed by atoms with Crippen molar-refractivity contribution >= 4 is 12.4 Å². The highest BCUT2D eigenvalue weighted by Crippen LogP contribution is 2.44. The zero-order valence-corrected chi connectivity index (χ0v) is 9.67. The van der Waals surface area contributed by atoms with Crippen LogP contribution in [0.25, 0.3) is 0 Å². The third kappa shape index (κ3) is 2.70. The standard InChI is InChI=1S/C11H17O2P/c1-3-9-14(12,10-13-2)11-7-5-4-6-8-11/h4-8H,3,9-10H2,1-2H3. The molecule has 0 fully saturated rings. The summed E-state index contributed by atoms with van der Waals surface area (Å²) in [7, 11) is -0.691. The van der Waals surface area contributed by atoms with Crippen molar-refractivity contribution in [3.05, 3.63) is 30.3 Å². The maximum atomic E-state index is 12.5. The molecule has 0 aliphatic carbocycles. The quantitative estimate of drug-likeness (QED) is 0.701. The van der Waals surface area contributed by atoms with E-state index < -0.39 is 7.14 Å². The Labute approximate surface area is 85.7 Å². The maximum Gasteiger partial charge on any atom is 0.139 e. The Morgan fingerprint density at radius 2 is 1.93 bits per heavy atom. The van der Waals surface area contributed by atoms with E-state index in [1.54, 1.807) is 7.11 Å². The van der Waals surface area contributed by atoms with E-state index in [4.69, 9.17) is 4.74 Å². The minimum atomic E-state index is -2.29. The van der Waals surface area contributed by atoms with E-state index in [9.17, 15) is 4.57 Å². The predicted molar refractivity (Wildman–Crippen MR) is 60.7 cm³/mol. The number of hydrogen-bond donors (Lipinski definition) is 0. The first-order valence-corrected chi connectivity index (χ1v) is 6.93. The average Bonchev–Trinajstić information content (AvgIpc) is 2.20. The first kappa shape index (κ1) is 11.5. The van der Waals surface area contributed by atoms with Gasteiger partial charge >= 0.3 is 0 Å². The van der Waals surface area contributed by atoms with Crippen LogP contribution in [-0.4, -0.2) is 19.6 Å². The van der Waals surface area contributed by atoms with Crippen LogP contribution >= 0.6 is 7.14 Å². The van der Waals surface area contributed by atoms with Crippen molar-refractivity contribution in [1.82, 2.24) is 0 Å². The summed E-state index contributed by atoms with van der Waals surface area (Å²) in [5, 5.41) is 0.934. The first-order valence-electron chi connectivity index (χ1n) is 4.85. The van der Waals surface area contributed by atoms with Crippen molar-refractivity contribution < 1.29 is 9.30 Å². The molecule has 0 aromatic heterocycles. The minimum Gasteiger partial charge on any atom is -0.377 e. The highest BCUT2D eigenvalue weighted by atomic mass is 31.2. The summed E-state index contributed by atoms with van der Waals surface area (Å²) in [6, 6.07) is 9.64. The molecule has 1 rings (SSSR count). The number of benzene rings is 1. The second-order valence-corrected chi connectivity index (χ2v) is 6.37. The Balaban J connectivity index is 2.94. The Morgan fingerprint density at radius 3 is 2.43 bits per heavy atom. The van der Waals surface area contributed by atoms with Gasteiger partial charge in [0.05, 0.1) is 0 Å². The summed E-state index contributed by atoms with van der Waals surface area (Å²) in [4.78, 5) is 0. The van der Waals surface area contributed by atoms with Crippen molar-refractivity contribution in [2.24, 2.45) is 0 Å². The average molecular weight is 212 g/mol. The fourth-order valence-electron chi connectivity index (χ4n) is 1.54. The van der Waals surface area contributed by atoms with E-state index in [0.29, 0.717) is 6.35 Å². The molecule has 3 heteroatoms. The highest BCUT2D eigenvalue weighted by molar-refractivity contribution is 7.71. The van der Waals surface area contributed by atoms with Gasteiger partial charge in [-0.1, -0.05) is 37.3 Å². The molecule has 1 unspecified atom stereocenters. The van der Waals surface area contributed by atoms with E-state index in [0.717, 1.165) is 17.9 Å². The Morgan fingerprint density at radius 1 is 1.29 bits per heavy atom. The van der Waals surface area contributed by atoms with Crippen molar-refractivity contribution in [2.75, 3.05) is 19.6 Å². The zero-order valence-electron chi connectivity index (χ0n) is 8.77. The van der Waals surface area contributed by atoms with Crippen LogP contribution < -0.4 is 5.30 Å². The topological polar surface area (TPSA) is 26.3 Å². The molecule has 14 heavy (non-hydrogen) atoms. The summed E-state index contributed by atoms with van der Waals surface area (Å²) in [5.41, 5.74) is 0. The molecule has 0 aliphatic rings. The number of rotatable bonds is 5. The lowest BCUT2D eigenvalue weighted by Crippen LogP contribution is -2.11. The van der Waals surface area contributed by atoms with Crippen LogP contribution in [0.15, 0.2) is 30.3 Å². The fraction of sp³-hybridized carbons (Fsp3) is 0.455. The summed E-state index contributed by atoms with van der Waals surface area (Å²) in [6.07, 6.45) is 2.01. The third-order valence-corrected chi connectivity index (χ3v) is 5.23. The van der Waals surface area contributed by atoms with Gasteiger partial charge in [-0.15, -0.1) is 0 Å². The molecule has 78 valence electrons. The molecule has 0 aliphatic heterocycles. The van der Waals surface area contributed by atoms with Gasteiger partial charge in [0.2, 0.25) is 0 Å². The van der Waals surface area contributed by atoms with E-state index in [1.807, 2.05) is 37.3 Å². The van der Waals surface area contributed by atoms with E-state index in [1.165, 1.54) is 0 Å². The van der Waals surface area contributed by atoms with Gasteiger partial charge in [0.25, 0.3) is 0 Å². The monoisotopic (exact) mass is 212 g/mol. The second kappa shape index (κ2) is 5.33. The predicted octanol–water partition coefficient (Wildman–Crippen LogP) is 2.69. The lowest BCUT2D eigenvalue weighted by atomic mass is 10.4. The second-order valence-electron chi connectivity index (χ2n) is 3.37. The maximum absolute atomic E-state index is 12.5. The molecule has 0 saturated heterocycles. The van der Waals surface area contributed by atoms with Crippen molar-refractivity contribution in [2.45, 2.75) is 13.3 Å². The molecule has 1 aromatic rings. The minimum absolute atomic E-state index is 0.352. The molecule has 0 amide bonds. The van der Waals surface area contributed by atoms with Crippen LogP contribution in [0.2, 0.25) is 0 Å². The summed E-state index contributed by atoms with van der Waals surface area (Å²) < 4.78 is 17.5. The van der Waals surface area contributed by atoms with Crippen LogP contribution in [0.5, 0.6) is 0 Å². The molecule has 0 heterocycles. The van der Waals surface area contributed by atoms with E-state index >= 15 is 0 Å². The smallest absolute Gasteiger partial charge is 0.139 e. The molecule has 0 bridgehead atoms. The van der Waals surface area contributed by atoms with Gasteiger partial charge < -0.3 is 9.30 Å². The van der Waals surface area contributed by atoms with Gasteiger partial charge in [0, 0.05) is 18.6 Å². The van der Waals surface area contributed by atoms with E-state index in [2.05, 4.69) is 0 Å². The number of hydrogen-bond acceptors (Lipinski definition) is 2. The molecule has 0 spiro atoms. The van der Waals surface area contributed by atoms with Crippen molar-refractivity contribution in [1.29, 1.82) is 0 Å². The van der Waals surface area contributed by atoms with Crippen molar-refractivity contribution in [3.63, 3.8) is 0 Å². The van der Waals surface area contributed by atoms with Crippen LogP contribution in [0.4, 0.5) is 0 Å². The molecule has 2 nitrogen and oxygen atoms in total. The highest BCUT2D eigenvalue weighted by Gasteiger charge is 2.22. The number of ether oxygens (including phenoxy) is 1. The molecule has 0 N–H and O–H groups in total. The number of methoxy groups -OCH3 is 1. The van der Waals surface area contributed by atoms with Crippen LogP contribution in [-0.2, 0) is 9.30 Å².